The second-order valence-corrected chi connectivity index (χ2v) is 14.9. The van der Waals surface area contributed by atoms with E-state index in [1.54, 1.807) is 19.8 Å². The first-order chi connectivity index (χ1) is 23.3. The summed E-state index contributed by atoms with van der Waals surface area (Å²) >= 11 is 0. The van der Waals surface area contributed by atoms with Crippen molar-refractivity contribution in [1.29, 1.82) is 0 Å². The van der Waals surface area contributed by atoms with Gasteiger partial charge >= 0.3 is 5.97 Å². The molecule has 5 aliphatic heterocycles. The normalized spacial score (nSPS) is 34.2. The molecule has 3 aromatic carbocycles. The maximum atomic E-state index is 13.5. The quantitative estimate of drug-likeness (QED) is 0.363. The second-order valence-electron chi connectivity index (χ2n) is 14.9. The van der Waals surface area contributed by atoms with E-state index in [0.717, 1.165) is 42.1 Å². The minimum Gasteiger partial charge on any atom is -0.493 e. The van der Waals surface area contributed by atoms with E-state index in [-0.39, 0.29) is 28.9 Å². The van der Waals surface area contributed by atoms with E-state index in [0.29, 0.717) is 43.1 Å². The van der Waals surface area contributed by atoms with Crippen molar-refractivity contribution < 1.29 is 28.9 Å². The maximum absolute atomic E-state index is 13.5. The predicted octanol–water partition coefficient (Wildman–Crippen LogP) is 5.58. The number of methoxy groups -OCH3 is 2. The summed E-state index contributed by atoms with van der Waals surface area (Å²) in [5, 5.41) is 9.57. The van der Waals surface area contributed by atoms with Gasteiger partial charge in [-0.2, -0.15) is 0 Å². The van der Waals surface area contributed by atoms with Crippen molar-refractivity contribution in [3.05, 3.63) is 101 Å². The Morgan fingerprint density at radius 3 is 2.27 bits per heavy atom. The van der Waals surface area contributed by atoms with Crippen molar-refractivity contribution >= 4 is 17.6 Å². The number of rotatable bonds is 5. The topological polar surface area (TPSA) is 88.5 Å². The number of anilines is 1. The molecule has 5 fully saturated rings. The minimum atomic E-state index is -0.722. The molecule has 2 aliphatic carbocycles. The van der Waals surface area contributed by atoms with Crippen LogP contribution in [0.3, 0.4) is 0 Å². The summed E-state index contributed by atoms with van der Waals surface area (Å²) in [7, 11) is 3.36. The number of hydrogen-bond acceptors (Lipinski definition) is 6. The number of piperidine rings is 2. The van der Waals surface area contributed by atoms with Crippen LogP contribution in [0.5, 0.6) is 11.5 Å². The number of carboxylic acid groups (broad SMARTS) is 1. The van der Waals surface area contributed by atoms with Crippen molar-refractivity contribution in [1.82, 2.24) is 4.90 Å². The summed E-state index contributed by atoms with van der Waals surface area (Å²) in [6.07, 6.45) is 5.76. The minimum absolute atomic E-state index is 0.0242. The molecule has 3 saturated heterocycles. The zero-order valence-electron chi connectivity index (χ0n) is 27.7. The largest absolute Gasteiger partial charge is 0.493 e. The summed E-state index contributed by atoms with van der Waals surface area (Å²) in [6, 6.07) is 24.8. The van der Waals surface area contributed by atoms with E-state index >= 15 is 0 Å². The van der Waals surface area contributed by atoms with Gasteiger partial charge < -0.3 is 24.2 Å². The molecule has 8 nitrogen and oxygen atoms in total. The Bertz CT molecular complexity index is 1800. The third-order valence-electron chi connectivity index (χ3n) is 13.3. The monoisotopic (exact) mass is 646 g/mol. The molecule has 248 valence electrons. The average Bonchev–Trinajstić information content (AvgIpc) is 3.53. The summed E-state index contributed by atoms with van der Waals surface area (Å²) < 4.78 is 17.6. The van der Waals surface area contributed by atoms with Gasteiger partial charge in [0, 0.05) is 35.4 Å². The van der Waals surface area contributed by atoms with Crippen LogP contribution in [-0.4, -0.2) is 74.0 Å². The van der Waals surface area contributed by atoms with Gasteiger partial charge in [0.1, 0.15) is 0 Å². The van der Waals surface area contributed by atoms with E-state index in [9.17, 15) is 14.7 Å². The van der Waals surface area contributed by atoms with Crippen molar-refractivity contribution in [2.24, 2.45) is 17.3 Å². The van der Waals surface area contributed by atoms with Crippen LogP contribution in [-0.2, 0) is 25.2 Å². The van der Waals surface area contributed by atoms with Gasteiger partial charge in [-0.05, 0) is 61.4 Å². The van der Waals surface area contributed by atoms with Crippen molar-refractivity contribution in [2.75, 3.05) is 38.8 Å². The Hall–Kier alpha value is -4.14. The van der Waals surface area contributed by atoms with E-state index in [1.807, 2.05) is 73.7 Å². The highest BCUT2D eigenvalue weighted by Crippen LogP contribution is 2.69. The first-order valence-electron chi connectivity index (χ1n) is 17.3. The summed E-state index contributed by atoms with van der Waals surface area (Å²) in [5.74, 6) is 1.85. The predicted molar refractivity (Wildman–Crippen MR) is 181 cm³/mol. The van der Waals surface area contributed by atoms with Gasteiger partial charge in [-0.15, -0.1) is 0 Å². The summed E-state index contributed by atoms with van der Waals surface area (Å²) in [4.78, 5) is 29.9. The fourth-order valence-corrected chi connectivity index (χ4v) is 11.1. The average molecular weight is 647 g/mol. The Morgan fingerprint density at radius 2 is 1.65 bits per heavy atom. The molecular weight excluding hydrogens is 604 g/mol. The Kier molecular flexibility index (Phi) is 6.51. The van der Waals surface area contributed by atoms with Crippen molar-refractivity contribution in [3.63, 3.8) is 0 Å². The van der Waals surface area contributed by atoms with Crippen LogP contribution in [0.1, 0.15) is 49.3 Å². The molecule has 1 amide bonds. The Labute approximate surface area is 281 Å². The lowest BCUT2D eigenvalue weighted by molar-refractivity contribution is -0.143. The highest BCUT2D eigenvalue weighted by Gasteiger charge is 2.72. The molecule has 8 heteroatoms. The lowest BCUT2D eigenvalue weighted by Gasteiger charge is -2.58. The number of carbonyl (C=O) groups is 2. The zero-order valence-corrected chi connectivity index (χ0v) is 27.7. The van der Waals surface area contributed by atoms with Gasteiger partial charge in [-0.25, -0.2) is 0 Å². The number of fused-ring (bicyclic) bond motifs is 2. The number of benzene rings is 3. The molecule has 0 radical (unpaired) electrons. The van der Waals surface area contributed by atoms with Gasteiger partial charge in [0.2, 0.25) is 5.91 Å². The van der Waals surface area contributed by atoms with Crippen LogP contribution in [0.15, 0.2) is 84.4 Å². The molecule has 1 N–H and O–H groups in total. The van der Waals surface area contributed by atoms with E-state index < -0.39 is 11.4 Å². The number of aliphatic carboxylic acids is 1. The molecule has 2 saturated carbocycles. The molecule has 7 unspecified atom stereocenters. The van der Waals surface area contributed by atoms with E-state index in [4.69, 9.17) is 14.2 Å². The van der Waals surface area contributed by atoms with Crippen LogP contribution in [0.25, 0.3) is 0 Å². The van der Waals surface area contributed by atoms with Gasteiger partial charge in [0.15, 0.2) is 11.5 Å². The summed E-state index contributed by atoms with van der Waals surface area (Å²) in [6.45, 7) is 4.65. The fourth-order valence-electron chi connectivity index (χ4n) is 11.1. The Balaban J connectivity index is 0.000000144. The highest BCUT2D eigenvalue weighted by molar-refractivity contribution is 6.00. The van der Waals surface area contributed by atoms with E-state index in [2.05, 4.69) is 21.9 Å². The SMILES string of the molecule is CC1(C(=O)O)CC1(c1ccccc1)c1ccccc1.COc1cc2c(cc1OC)C13CCN4CC5=CCOC6CC(=O)N2C1C6C5CC43. The van der Waals surface area contributed by atoms with Gasteiger partial charge in [-0.1, -0.05) is 72.3 Å². The van der Waals surface area contributed by atoms with Crippen LogP contribution in [0.2, 0.25) is 0 Å². The van der Waals surface area contributed by atoms with E-state index in [1.165, 1.54) is 12.0 Å². The van der Waals surface area contributed by atoms with Crippen LogP contribution < -0.4 is 14.4 Å². The van der Waals surface area contributed by atoms with Gasteiger partial charge in [-0.3, -0.25) is 14.5 Å². The van der Waals surface area contributed by atoms with Crippen LogP contribution in [0.4, 0.5) is 5.69 Å². The Morgan fingerprint density at radius 1 is 0.979 bits per heavy atom. The second kappa shape index (κ2) is 10.4. The number of carboxylic acids is 1. The number of nitrogens with zero attached hydrogens (tertiary/aromatic N) is 2. The molecule has 10 rings (SSSR count). The molecule has 5 heterocycles. The number of carbonyl (C=O) groups excluding carboxylic acids is 1. The molecule has 7 atom stereocenters. The molecule has 1 spiro atoms. The first kappa shape index (κ1) is 30.0. The highest BCUT2D eigenvalue weighted by atomic mass is 16.5. The lowest BCUT2D eigenvalue weighted by atomic mass is 9.53. The molecule has 48 heavy (non-hydrogen) atoms. The lowest BCUT2D eigenvalue weighted by Crippen LogP contribution is -2.69. The molecular formula is C40H42N2O6. The number of amides is 1. The third-order valence-corrected chi connectivity index (χ3v) is 13.3. The third kappa shape index (κ3) is 3.73. The van der Waals surface area contributed by atoms with Crippen LogP contribution in [0, 0.1) is 17.3 Å². The fraction of sp³-hybridized carbons (Fsp3) is 0.450. The number of ether oxygens (including phenoxy) is 3. The molecule has 3 aromatic rings. The van der Waals surface area contributed by atoms with Crippen LogP contribution >= 0.6 is 0 Å². The van der Waals surface area contributed by atoms with Crippen molar-refractivity contribution in [2.45, 2.75) is 61.6 Å². The zero-order chi connectivity index (χ0) is 33.0. The summed E-state index contributed by atoms with van der Waals surface area (Å²) in [5.41, 5.74) is 4.93. The molecule has 2 bridgehead atoms. The maximum Gasteiger partial charge on any atom is 0.310 e. The smallest absolute Gasteiger partial charge is 0.310 e. The number of hydrogen-bond donors (Lipinski definition) is 1. The van der Waals surface area contributed by atoms with Gasteiger partial charge in [0.05, 0.1) is 50.5 Å². The first-order valence-corrected chi connectivity index (χ1v) is 17.3. The van der Waals surface area contributed by atoms with Gasteiger partial charge in [0.25, 0.3) is 0 Å². The van der Waals surface area contributed by atoms with Crippen molar-refractivity contribution in [3.8, 4) is 11.5 Å². The molecule has 0 aromatic heterocycles. The standard InChI is InChI=1S/C23H26N2O4.C17H16O2/c1-27-16-8-14-15(9-17(16)28-2)25-20(26)10-18-21-13-7-19-23(14,22(21)25)4-5-24(19)11-12(13)3-6-29-18;1-16(15(18)19)12-17(16,13-8-4-2-5-9-13)14-10-6-3-7-11-14/h3,8-9,13,18-19,21-22H,4-7,10-11H2,1-2H3;2-11H,12H2,1H3,(H,18,19). The molecule has 7 aliphatic rings.